The fraction of sp³-hybridized carbons (Fsp3) is 0.769. The Morgan fingerprint density at radius 2 is 1.21 bits per heavy atom. The highest BCUT2D eigenvalue weighted by molar-refractivity contribution is 8.03. The van der Waals surface area contributed by atoms with Gasteiger partial charge in [0.25, 0.3) is 0 Å². The van der Waals surface area contributed by atoms with E-state index in [1.807, 2.05) is 11.8 Å². The number of hydrogen-bond donors (Lipinski definition) is 5. The molecule has 4 aliphatic rings. The van der Waals surface area contributed by atoms with Crippen molar-refractivity contribution in [2.24, 2.45) is 29.6 Å². The van der Waals surface area contributed by atoms with Crippen molar-refractivity contribution in [1.29, 1.82) is 5.26 Å². The second kappa shape index (κ2) is 22.3. The molecule has 312 valence electrons. The lowest BCUT2D eigenvalue weighted by Gasteiger charge is -2.47. The number of amides is 2. The van der Waals surface area contributed by atoms with Crippen LogP contribution in [0.1, 0.15) is 77.6 Å². The summed E-state index contributed by atoms with van der Waals surface area (Å²) < 4.78 is 0. The van der Waals surface area contributed by atoms with E-state index in [9.17, 15) is 39.0 Å². The minimum Gasteiger partial charge on any atom is -0.480 e. The highest BCUT2D eigenvalue weighted by Crippen LogP contribution is 2.43. The van der Waals surface area contributed by atoms with Crippen molar-refractivity contribution < 1.29 is 49.2 Å². The first-order valence-electron chi connectivity index (χ1n) is 20.0. The number of rotatable bonds is 22. The molecule has 0 radical (unpaired) electrons. The molecule has 0 aromatic carbocycles. The summed E-state index contributed by atoms with van der Waals surface area (Å²) in [6.45, 7) is 0.516. The van der Waals surface area contributed by atoms with Crippen molar-refractivity contribution in [1.82, 2.24) is 24.9 Å². The van der Waals surface area contributed by atoms with Gasteiger partial charge in [-0.25, -0.2) is 0 Å². The summed E-state index contributed by atoms with van der Waals surface area (Å²) in [6.07, 6.45) is 13.4. The molecule has 1 heterocycles. The number of hydrogen-bond acceptors (Lipinski definition) is 11. The van der Waals surface area contributed by atoms with E-state index in [0.717, 1.165) is 53.7 Å². The molecule has 3 atom stereocenters. The minimum atomic E-state index is -1.23. The van der Waals surface area contributed by atoms with E-state index in [4.69, 9.17) is 15.5 Å². The van der Waals surface area contributed by atoms with Crippen LogP contribution in [0, 0.1) is 40.3 Å². The Bertz CT molecular complexity index is 1440. The van der Waals surface area contributed by atoms with Crippen LogP contribution in [0.15, 0.2) is 11.6 Å². The number of nitrogens with one attached hydrogen (secondary N) is 1. The molecule has 2 amide bonds. The minimum absolute atomic E-state index is 0.0143. The van der Waals surface area contributed by atoms with Crippen molar-refractivity contribution in [2.45, 2.75) is 89.6 Å². The van der Waals surface area contributed by atoms with E-state index in [2.05, 4.69) is 10.7 Å². The van der Waals surface area contributed by atoms with Gasteiger partial charge in [-0.05, 0) is 113 Å². The Morgan fingerprint density at radius 3 is 1.73 bits per heavy atom. The Labute approximate surface area is 333 Å². The van der Waals surface area contributed by atoms with Crippen molar-refractivity contribution >= 4 is 47.5 Å². The van der Waals surface area contributed by atoms with Gasteiger partial charge in [-0.2, -0.15) is 5.26 Å². The summed E-state index contributed by atoms with van der Waals surface area (Å²) in [5, 5.41) is 51.5. The lowest BCUT2D eigenvalue weighted by atomic mass is 9.69. The number of nitriles is 1. The third-order valence-corrected chi connectivity index (χ3v) is 13.1. The smallest absolute Gasteiger partial charge is 0.317 e. The molecule has 4 rings (SSSR count). The average Bonchev–Trinajstić information content (AvgIpc) is 3.13. The zero-order valence-electron chi connectivity index (χ0n) is 32.6. The highest BCUT2D eigenvalue weighted by Gasteiger charge is 2.42. The lowest BCUT2D eigenvalue weighted by molar-refractivity contribution is -0.143. The molecular formula is C39H60N6O10S. The standard InChI is InChI=1S/C39H60N6O10S/c1-26-16-35(47)45(18-27-2-6-29(7-3-27)30-8-4-28(5-9-30)24-56-25-40)33-17-31(10-11-32(26)33)41-34(46)19-43(21-37(50)51)14-12-42(20-36(48)49)13-15-44(22-38(52)53)23-39(54)55/h16,27-33H,2-15,17-24H2,1H3,(H,41,46)(H,48,49)(H,50,51)(H,52,53)(H,54,55). The summed E-state index contributed by atoms with van der Waals surface area (Å²) in [4.78, 5) is 78.6. The second-order valence-electron chi connectivity index (χ2n) is 16.4. The van der Waals surface area contributed by atoms with Crippen molar-refractivity contribution in [2.75, 3.05) is 71.2 Å². The van der Waals surface area contributed by atoms with E-state index in [-0.39, 0.29) is 62.5 Å². The van der Waals surface area contributed by atoms with Gasteiger partial charge in [-0.15, -0.1) is 0 Å². The SMILES string of the molecule is CC1=CC(=O)N(CC2CCC(C3CCC(CSC#N)CC3)CC2)C2CC(NC(=O)CN(CCN(CCN(CC(=O)O)CC(=O)O)CC(=O)O)CC(=O)O)CCC12. The molecule has 3 saturated carbocycles. The third kappa shape index (κ3) is 14.7. The number of carboxylic acids is 4. The van der Waals surface area contributed by atoms with Gasteiger partial charge in [0.15, 0.2) is 0 Å². The number of nitrogens with zero attached hydrogens (tertiary/aromatic N) is 5. The van der Waals surface area contributed by atoms with Gasteiger partial charge in [0, 0.05) is 62.6 Å². The van der Waals surface area contributed by atoms with Gasteiger partial charge >= 0.3 is 23.9 Å². The van der Waals surface area contributed by atoms with E-state index in [1.54, 1.807) is 6.08 Å². The van der Waals surface area contributed by atoms with Crippen LogP contribution in [0.2, 0.25) is 0 Å². The summed E-state index contributed by atoms with van der Waals surface area (Å²) in [6, 6.07) is -0.237. The molecule has 5 N–H and O–H groups in total. The average molecular weight is 805 g/mol. The molecule has 17 heteroatoms. The van der Waals surface area contributed by atoms with Gasteiger partial charge in [-0.1, -0.05) is 5.57 Å². The van der Waals surface area contributed by atoms with Gasteiger partial charge in [0.1, 0.15) is 5.40 Å². The van der Waals surface area contributed by atoms with Crippen LogP contribution in [0.3, 0.4) is 0 Å². The molecule has 0 saturated heterocycles. The van der Waals surface area contributed by atoms with Crippen LogP contribution in [-0.4, -0.2) is 159 Å². The summed E-state index contributed by atoms with van der Waals surface area (Å²) in [7, 11) is 0. The summed E-state index contributed by atoms with van der Waals surface area (Å²) in [5.74, 6) is -1.38. The molecule has 0 aromatic heterocycles. The predicted octanol–water partition coefficient (Wildman–Crippen LogP) is 2.50. The van der Waals surface area contributed by atoms with E-state index in [0.29, 0.717) is 24.8 Å². The molecule has 0 bridgehead atoms. The number of thiocyanates is 1. The molecule has 0 aromatic rings. The molecule has 3 aliphatic carbocycles. The first-order chi connectivity index (χ1) is 26.7. The van der Waals surface area contributed by atoms with E-state index >= 15 is 0 Å². The maximum Gasteiger partial charge on any atom is 0.317 e. The number of carboxylic acid groups (broad SMARTS) is 4. The summed E-state index contributed by atoms with van der Waals surface area (Å²) >= 11 is 1.38. The van der Waals surface area contributed by atoms with Crippen LogP contribution in [0.25, 0.3) is 0 Å². The highest BCUT2D eigenvalue weighted by atomic mass is 32.2. The molecular weight excluding hydrogens is 745 g/mol. The number of thioether (sulfide) groups is 1. The van der Waals surface area contributed by atoms with Crippen molar-refractivity contribution in [3.8, 4) is 5.40 Å². The zero-order valence-corrected chi connectivity index (χ0v) is 33.4. The van der Waals surface area contributed by atoms with Gasteiger partial charge in [0.2, 0.25) is 11.8 Å². The maximum atomic E-state index is 13.5. The number of carbonyl (C=O) groups excluding carboxylic acids is 2. The Balaban J connectivity index is 1.29. The zero-order chi connectivity index (χ0) is 40.8. The van der Waals surface area contributed by atoms with Crippen LogP contribution < -0.4 is 5.32 Å². The fourth-order valence-electron chi connectivity index (χ4n) is 9.53. The van der Waals surface area contributed by atoms with Crippen molar-refractivity contribution in [3.05, 3.63) is 11.6 Å². The Kier molecular flexibility index (Phi) is 17.9. The molecule has 56 heavy (non-hydrogen) atoms. The van der Waals surface area contributed by atoms with Crippen LogP contribution in [0.4, 0.5) is 0 Å². The number of aliphatic carboxylic acids is 4. The quantitative estimate of drug-likeness (QED) is 0.0990. The van der Waals surface area contributed by atoms with Crippen LogP contribution >= 0.6 is 11.8 Å². The first-order valence-corrected chi connectivity index (χ1v) is 21.0. The Morgan fingerprint density at radius 1 is 0.732 bits per heavy atom. The monoisotopic (exact) mass is 804 g/mol. The van der Waals surface area contributed by atoms with E-state index in [1.165, 1.54) is 60.1 Å². The predicted molar refractivity (Wildman–Crippen MR) is 207 cm³/mol. The van der Waals surface area contributed by atoms with Gasteiger partial charge < -0.3 is 30.6 Å². The molecule has 16 nitrogen and oxygen atoms in total. The van der Waals surface area contributed by atoms with E-state index < -0.39 is 50.1 Å². The van der Waals surface area contributed by atoms with Gasteiger partial charge in [-0.3, -0.25) is 43.5 Å². The lowest BCUT2D eigenvalue weighted by Crippen LogP contribution is -2.56. The third-order valence-electron chi connectivity index (χ3n) is 12.4. The van der Waals surface area contributed by atoms with Crippen molar-refractivity contribution in [3.63, 3.8) is 0 Å². The molecule has 3 unspecified atom stereocenters. The Hall–Kier alpha value is -3.72. The fourth-order valence-corrected chi connectivity index (χ4v) is 10.2. The number of carbonyl (C=O) groups is 6. The van der Waals surface area contributed by atoms with Gasteiger partial charge in [0.05, 0.1) is 32.7 Å². The van der Waals surface area contributed by atoms with Crippen LogP contribution in [-0.2, 0) is 28.8 Å². The summed E-state index contributed by atoms with van der Waals surface area (Å²) in [5.41, 5.74) is 1.07. The second-order valence-corrected chi connectivity index (χ2v) is 17.2. The molecule has 0 spiro atoms. The molecule has 1 aliphatic heterocycles. The number of fused-ring (bicyclic) bond motifs is 1. The maximum absolute atomic E-state index is 13.5. The largest absolute Gasteiger partial charge is 0.480 e. The molecule has 3 fully saturated rings. The first kappa shape index (κ1) is 45.0. The van der Waals surface area contributed by atoms with Crippen LogP contribution in [0.5, 0.6) is 0 Å². The normalized spacial score (nSPS) is 26.7. The topological polar surface area (TPSA) is 232 Å².